The van der Waals surface area contributed by atoms with Crippen LogP contribution in [0.3, 0.4) is 0 Å². The van der Waals surface area contributed by atoms with Crippen LogP contribution in [0.2, 0.25) is 0 Å². The van der Waals surface area contributed by atoms with Crippen LogP contribution < -0.4 is 10.1 Å². The molecule has 0 fully saturated rings. The summed E-state index contributed by atoms with van der Waals surface area (Å²) in [4.78, 5) is 46.2. The lowest BCUT2D eigenvalue weighted by molar-refractivity contribution is 0.0651. The van der Waals surface area contributed by atoms with E-state index in [2.05, 4.69) is 5.32 Å². The maximum atomic E-state index is 12.6. The molecule has 1 amide bonds. The maximum absolute atomic E-state index is 12.6. The average Bonchev–Trinajstić information content (AvgIpc) is 2.74. The number of hydrogen-bond donors (Lipinski definition) is 4. The van der Waals surface area contributed by atoms with Gasteiger partial charge in [-0.25, -0.2) is 14.4 Å². The zero-order valence-corrected chi connectivity index (χ0v) is 15.7. The maximum Gasteiger partial charge on any atom is 0.336 e. The minimum Gasteiger partial charge on any atom is -0.478 e. The molecule has 3 aromatic carbocycles. The van der Waals surface area contributed by atoms with Gasteiger partial charge in [0.1, 0.15) is 5.75 Å². The number of anilines is 1. The molecule has 0 unspecified atom stereocenters. The Bertz CT molecular complexity index is 1200. The van der Waals surface area contributed by atoms with Gasteiger partial charge in [0.05, 0.1) is 22.4 Å². The summed E-state index contributed by atoms with van der Waals surface area (Å²) in [5, 5.41) is 30.0. The highest BCUT2D eigenvalue weighted by atomic mass is 16.5. The Kier molecular flexibility index (Phi) is 5.97. The van der Waals surface area contributed by atoms with E-state index < -0.39 is 29.4 Å². The zero-order chi connectivity index (χ0) is 22.5. The van der Waals surface area contributed by atoms with Crippen LogP contribution in [-0.4, -0.2) is 39.1 Å². The van der Waals surface area contributed by atoms with Crippen LogP contribution >= 0.6 is 0 Å². The van der Waals surface area contributed by atoms with Crippen molar-refractivity contribution in [2.75, 3.05) is 5.32 Å². The third-order valence-corrected chi connectivity index (χ3v) is 4.19. The van der Waals surface area contributed by atoms with E-state index in [4.69, 9.17) is 14.9 Å². The number of carbonyl (C=O) groups excluding carboxylic acids is 1. The average molecular weight is 421 g/mol. The number of aromatic carboxylic acids is 3. The van der Waals surface area contributed by atoms with Gasteiger partial charge in [-0.3, -0.25) is 4.79 Å². The molecule has 9 heteroatoms. The molecule has 0 atom stereocenters. The van der Waals surface area contributed by atoms with E-state index in [0.29, 0.717) is 0 Å². The molecule has 0 bridgehead atoms. The molecule has 0 aliphatic heterocycles. The first kappa shape index (κ1) is 21.1. The van der Waals surface area contributed by atoms with Crippen molar-refractivity contribution in [1.82, 2.24) is 0 Å². The summed E-state index contributed by atoms with van der Waals surface area (Å²) in [6, 6.07) is 15.3. The van der Waals surface area contributed by atoms with Crippen molar-refractivity contribution < 1.29 is 39.2 Å². The summed E-state index contributed by atoms with van der Waals surface area (Å²) in [6.07, 6.45) is 0. The van der Waals surface area contributed by atoms with Gasteiger partial charge in [-0.1, -0.05) is 18.2 Å². The Morgan fingerprint density at radius 3 is 2.03 bits per heavy atom. The third-order valence-electron chi connectivity index (χ3n) is 4.19. The summed E-state index contributed by atoms with van der Waals surface area (Å²) >= 11 is 0. The molecule has 0 radical (unpaired) electrons. The van der Waals surface area contributed by atoms with Gasteiger partial charge >= 0.3 is 17.9 Å². The van der Waals surface area contributed by atoms with Crippen LogP contribution in [0.15, 0.2) is 66.7 Å². The molecule has 0 heterocycles. The van der Waals surface area contributed by atoms with Crippen LogP contribution in [0, 0.1) is 0 Å². The highest BCUT2D eigenvalue weighted by molar-refractivity contribution is 6.06. The molecular weight excluding hydrogens is 406 g/mol. The van der Waals surface area contributed by atoms with Crippen LogP contribution in [0.25, 0.3) is 0 Å². The van der Waals surface area contributed by atoms with Gasteiger partial charge in [-0.2, -0.15) is 0 Å². The van der Waals surface area contributed by atoms with Gasteiger partial charge in [0.15, 0.2) is 5.75 Å². The predicted octanol–water partition coefficient (Wildman–Crippen LogP) is 3.83. The first-order valence-electron chi connectivity index (χ1n) is 8.78. The first-order chi connectivity index (χ1) is 14.8. The lowest BCUT2D eigenvalue weighted by Crippen LogP contribution is -2.13. The summed E-state index contributed by atoms with van der Waals surface area (Å²) in [5.74, 6) is -4.34. The number of carboxylic acid groups (broad SMARTS) is 3. The number of nitrogens with one attached hydrogen (secondary N) is 1. The molecule has 0 spiro atoms. The summed E-state index contributed by atoms with van der Waals surface area (Å²) in [5.41, 5.74) is -0.519. The molecule has 0 aliphatic carbocycles. The van der Waals surface area contributed by atoms with Gasteiger partial charge < -0.3 is 25.4 Å². The van der Waals surface area contributed by atoms with Crippen molar-refractivity contribution in [3.63, 3.8) is 0 Å². The van der Waals surface area contributed by atoms with Crippen LogP contribution in [0.1, 0.15) is 41.4 Å². The summed E-state index contributed by atoms with van der Waals surface area (Å²) < 4.78 is 5.67. The topological polar surface area (TPSA) is 150 Å². The van der Waals surface area contributed by atoms with E-state index in [9.17, 15) is 24.3 Å². The molecule has 31 heavy (non-hydrogen) atoms. The van der Waals surface area contributed by atoms with E-state index in [1.807, 2.05) is 0 Å². The second-order valence-electron chi connectivity index (χ2n) is 6.26. The third kappa shape index (κ3) is 4.85. The van der Waals surface area contributed by atoms with Crippen molar-refractivity contribution in [3.8, 4) is 11.5 Å². The van der Waals surface area contributed by atoms with Crippen molar-refractivity contribution in [2.45, 2.75) is 0 Å². The fourth-order valence-corrected chi connectivity index (χ4v) is 2.72. The van der Waals surface area contributed by atoms with Crippen molar-refractivity contribution in [1.29, 1.82) is 0 Å². The smallest absolute Gasteiger partial charge is 0.336 e. The minimum absolute atomic E-state index is 0.0445. The lowest BCUT2D eigenvalue weighted by Gasteiger charge is -2.13. The number of carboxylic acids is 3. The summed E-state index contributed by atoms with van der Waals surface area (Å²) in [7, 11) is 0. The highest BCUT2D eigenvalue weighted by Crippen LogP contribution is 2.31. The quantitative estimate of drug-likeness (QED) is 0.449. The Morgan fingerprint density at radius 1 is 0.677 bits per heavy atom. The molecule has 156 valence electrons. The molecule has 0 saturated heterocycles. The van der Waals surface area contributed by atoms with Crippen LogP contribution in [-0.2, 0) is 0 Å². The van der Waals surface area contributed by atoms with Crippen LogP contribution in [0.4, 0.5) is 5.69 Å². The van der Waals surface area contributed by atoms with E-state index in [1.54, 1.807) is 12.1 Å². The van der Waals surface area contributed by atoms with Gasteiger partial charge in [-0.15, -0.1) is 0 Å². The zero-order valence-electron chi connectivity index (χ0n) is 15.7. The van der Waals surface area contributed by atoms with E-state index in [1.165, 1.54) is 42.5 Å². The Balaban J connectivity index is 1.88. The molecule has 4 N–H and O–H groups in total. The Hall–Kier alpha value is -4.66. The Labute approximate surface area is 175 Å². The lowest BCUT2D eigenvalue weighted by atomic mass is 10.1. The van der Waals surface area contributed by atoms with Gasteiger partial charge in [0.25, 0.3) is 5.91 Å². The molecular formula is C22H15NO8. The number of carbonyl (C=O) groups is 4. The second kappa shape index (κ2) is 8.78. The van der Waals surface area contributed by atoms with E-state index >= 15 is 0 Å². The van der Waals surface area contributed by atoms with Gasteiger partial charge in [-0.05, 0) is 48.5 Å². The van der Waals surface area contributed by atoms with E-state index in [0.717, 1.165) is 12.1 Å². The van der Waals surface area contributed by atoms with Crippen molar-refractivity contribution in [3.05, 3.63) is 89.0 Å². The van der Waals surface area contributed by atoms with Crippen molar-refractivity contribution in [2.24, 2.45) is 0 Å². The molecule has 0 aromatic heterocycles. The SMILES string of the molecule is O=C(O)c1cccc(C(=O)Nc2ccccc2Oc2ccc(C(=O)O)c(C(=O)O)c2)c1. The number of ether oxygens (including phenoxy) is 1. The molecule has 0 aliphatic rings. The number of hydrogen-bond acceptors (Lipinski definition) is 5. The second-order valence-corrected chi connectivity index (χ2v) is 6.26. The van der Waals surface area contributed by atoms with Crippen LogP contribution in [0.5, 0.6) is 11.5 Å². The molecule has 3 rings (SSSR count). The monoisotopic (exact) mass is 421 g/mol. The minimum atomic E-state index is -1.43. The normalized spacial score (nSPS) is 10.2. The largest absolute Gasteiger partial charge is 0.478 e. The van der Waals surface area contributed by atoms with Crippen molar-refractivity contribution >= 4 is 29.5 Å². The molecule has 0 saturated carbocycles. The number of rotatable bonds is 7. The van der Waals surface area contributed by atoms with E-state index in [-0.39, 0.29) is 33.9 Å². The van der Waals surface area contributed by atoms with Gasteiger partial charge in [0.2, 0.25) is 0 Å². The Morgan fingerprint density at radius 2 is 1.35 bits per heavy atom. The number of para-hydroxylation sites is 2. The summed E-state index contributed by atoms with van der Waals surface area (Å²) in [6.45, 7) is 0. The molecule has 3 aromatic rings. The predicted molar refractivity (Wildman–Crippen MR) is 108 cm³/mol. The highest BCUT2D eigenvalue weighted by Gasteiger charge is 2.18. The fraction of sp³-hybridized carbons (Fsp3) is 0. The fourth-order valence-electron chi connectivity index (χ4n) is 2.72. The number of amides is 1. The number of benzene rings is 3. The van der Waals surface area contributed by atoms with Gasteiger partial charge in [0, 0.05) is 5.56 Å². The standard InChI is InChI=1S/C22H15NO8/c24-19(12-4-3-5-13(10-12)20(25)26)23-17-6-1-2-7-18(17)31-14-8-9-15(21(27)28)16(11-14)22(29)30/h1-11H,(H,23,24)(H,25,26)(H,27,28)(H,29,30). The first-order valence-corrected chi connectivity index (χ1v) is 8.78. The molecule has 9 nitrogen and oxygen atoms in total.